The largest absolute Gasteiger partial charge is 0.326 e. The smallest absolute Gasteiger partial charge is 0.0702 e. The molecule has 1 aromatic heterocycles. The van der Waals surface area contributed by atoms with E-state index in [1.807, 2.05) is 42.6 Å². The lowest BCUT2D eigenvalue weighted by molar-refractivity contribution is 1.07. The Morgan fingerprint density at radius 1 is 1.00 bits per heavy atom. The van der Waals surface area contributed by atoms with Gasteiger partial charge in [-0.05, 0) is 35.4 Å². The Kier molecular flexibility index (Phi) is 3.20. The topological polar surface area (TPSA) is 38.9 Å². The number of benzene rings is 2. The van der Waals surface area contributed by atoms with Crippen molar-refractivity contribution in [2.45, 2.75) is 6.54 Å². The molecule has 0 saturated carbocycles. The lowest BCUT2D eigenvalue weighted by atomic mass is 10.0. The van der Waals surface area contributed by atoms with Gasteiger partial charge in [0.2, 0.25) is 0 Å². The molecule has 3 heteroatoms. The lowest BCUT2D eigenvalue weighted by Crippen LogP contribution is -1.97. The molecule has 0 radical (unpaired) electrons. The third kappa shape index (κ3) is 2.33. The van der Waals surface area contributed by atoms with Crippen LogP contribution in [-0.4, -0.2) is 4.98 Å². The fourth-order valence-electron chi connectivity index (χ4n) is 2.14. The Morgan fingerprint density at radius 3 is 2.68 bits per heavy atom. The predicted octanol–water partition coefficient (Wildman–Crippen LogP) is 4.01. The molecule has 0 amide bonds. The molecular weight excluding hydrogens is 256 g/mol. The number of pyridine rings is 1. The molecule has 0 unspecified atom stereocenters. The van der Waals surface area contributed by atoms with Gasteiger partial charge < -0.3 is 5.73 Å². The van der Waals surface area contributed by atoms with Crippen molar-refractivity contribution in [3.63, 3.8) is 0 Å². The second kappa shape index (κ2) is 5.00. The maximum absolute atomic E-state index is 6.08. The van der Waals surface area contributed by atoms with Gasteiger partial charge in [-0.3, -0.25) is 4.98 Å². The average molecular weight is 269 g/mol. The van der Waals surface area contributed by atoms with Gasteiger partial charge in [0.1, 0.15) is 0 Å². The van der Waals surface area contributed by atoms with E-state index in [0.29, 0.717) is 11.6 Å². The van der Waals surface area contributed by atoms with Gasteiger partial charge in [-0.2, -0.15) is 0 Å². The van der Waals surface area contributed by atoms with Crippen LogP contribution in [0.2, 0.25) is 5.02 Å². The monoisotopic (exact) mass is 268 g/mol. The summed E-state index contributed by atoms with van der Waals surface area (Å²) in [6.07, 6.45) is 1.88. The molecule has 0 atom stereocenters. The summed E-state index contributed by atoms with van der Waals surface area (Å²) in [6, 6.07) is 16.1. The summed E-state index contributed by atoms with van der Waals surface area (Å²) in [5.41, 5.74) is 9.80. The standard InChI is InChI=1S/C16H13ClN2/c17-15-6-5-11(7-13(15)9-18)14-8-12-3-1-2-4-16(12)19-10-14/h1-8,10H,9,18H2. The Bertz CT molecular complexity index is 738. The van der Waals surface area contributed by atoms with Crippen LogP contribution in [0.1, 0.15) is 5.56 Å². The number of halogens is 1. The van der Waals surface area contributed by atoms with Crippen molar-refractivity contribution in [2.24, 2.45) is 5.73 Å². The van der Waals surface area contributed by atoms with E-state index in [9.17, 15) is 0 Å². The molecule has 2 N–H and O–H groups in total. The SMILES string of the molecule is NCc1cc(-c2cnc3ccccc3c2)ccc1Cl. The van der Waals surface area contributed by atoms with E-state index in [-0.39, 0.29) is 0 Å². The fraction of sp³-hybridized carbons (Fsp3) is 0.0625. The van der Waals surface area contributed by atoms with Crippen LogP contribution < -0.4 is 5.73 Å². The molecule has 0 aliphatic carbocycles. The van der Waals surface area contributed by atoms with E-state index in [4.69, 9.17) is 17.3 Å². The van der Waals surface area contributed by atoms with Gasteiger partial charge in [-0.1, -0.05) is 35.9 Å². The number of hydrogen-bond acceptors (Lipinski definition) is 2. The van der Waals surface area contributed by atoms with Gasteiger partial charge >= 0.3 is 0 Å². The van der Waals surface area contributed by atoms with Crippen molar-refractivity contribution in [1.29, 1.82) is 0 Å². The maximum atomic E-state index is 6.08. The van der Waals surface area contributed by atoms with Gasteiger partial charge in [-0.15, -0.1) is 0 Å². The van der Waals surface area contributed by atoms with Crippen LogP contribution in [0, 0.1) is 0 Å². The molecule has 19 heavy (non-hydrogen) atoms. The zero-order chi connectivity index (χ0) is 13.2. The van der Waals surface area contributed by atoms with Crippen LogP contribution >= 0.6 is 11.6 Å². The molecule has 2 aromatic carbocycles. The zero-order valence-electron chi connectivity index (χ0n) is 10.3. The first kappa shape index (κ1) is 12.2. The molecule has 0 aliphatic rings. The minimum atomic E-state index is 0.438. The van der Waals surface area contributed by atoms with Gasteiger partial charge in [-0.25, -0.2) is 0 Å². The third-order valence-corrected chi connectivity index (χ3v) is 3.56. The number of nitrogens with zero attached hydrogens (tertiary/aromatic N) is 1. The second-order valence-electron chi connectivity index (χ2n) is 4.43. The van der Waals surface area contributed by atoms with Crippen molar-refractivity contribution in [1.82, 2.24) is 4.98 Å². The summed E-state index contributed by atoms with van der Waals surface area (Å²) in [4.78, 5) is 4.47. The second-order valence-corrected chi connectivity index (χ2v) is 4.83. The predicted molar refractivity (Wildman–Crippen MR) is 80.1 cm³/mol. The minimum Gasteiger partial charge on any atom is -0.326 e. The first-order valence-electron chi connectivity index (χ1n) is 6.11. The molecular formula is C16H13ClN2. The number of fused-ring (bicyclic) bond motifs is 1. The van der Waals surface area contributed by atoms with Crippen molar-refractivity contribution < 1.29 is 0 Å². The number of hydrogen-bond donors (Lipinski definition) is 1. The normalized spacial score (nSPS) is 10.8. The number of aromatic nitrogens is 1. The molecule has 0 aliphatic heterocycles. The lowest BCUT2D eigenvalue weighted by Gasteiger charge is -2.07. The van der Waals surface area contributed by atoms with E-state index >= 15 is 0 Å². The molecule has 1 heterocycles. The van der Waals surface area contributed by atoms with E-state index in [2.05, 4.69) is 17.1 Å². The van der Waals surface area contributed by atoms with Crippen molar-refractivity contribution >= 4 is 22.5 Å². The van der Waals surface area contributed by atoms with Crippen LogP contribution in [0.4, 0.5) is 0 Å². The number of para-hydroxylation sites is 1. The summed E-state index contributed by atoms with van der Waals surface area (Å²) in [5, 5.41) is 1.84. The van der Waals surface area contributed by atoms with Crippen molar-refractivity contribution in [3.8, 4) is 11.1 Å². The van der Waals surface area contributed by atoms with Crippen LogP contribution in [0.5, 0.6) is 0 Å². The quantitative estimate of drug-likeness (QED) is 0.763. The van der Waals surface area contributed by atoms with Gasteiger partial charge in [0.05, 0.1) is 5.52 Å². The first-order valence-corrected chi connectivity index (χ1v) is 6.49. The van der Waals surface area contributed by atoms with E-state index in [0.717, 1.165) is 27.6 Å². The van der Waals surface area contributed by atoms with Crippen molar-refractivity contribution in [2.75, 3.05) is 0 Å². The average Bonchev–Trinajstić information content (AvgIpc) is 2.47. The molecule has 0 fully saturated rings. The minimum absolute atomic E-state index is 0.438. The number of nitrogens with two attached hydrogens (primary N) is 1. The Balaban J connectivity index is 2.13. The van der Waals surface area contributed by atoms with Crippen LogP contribution in [0.25, 0.3) is 22.0 Å². The van der Waals surface area contributed by atoms with E-state index in [1.165, 1.54) is 0 Å². The van der Waals surface area contributed by atoms with Crippen LogP contribution in [-0.2, 0) is 6.54 Å². The highest BCUT2D eigenvalue weighted by Gasteiger charge is 2.04. The van der Waals surface area contributed by atoms with E-state index in [1.54, 1.807) is 0 Å². The highest BCUT2D eigenvalue weighted by Crippen LogP contribution is 2.26. The molecule has 0 bridgehead atoms. The van der Waals surface area contributed by atoms with Gasteiger partial charge in [0.15, 0.2) is 0 Å². The highest BCUT2D eigenvalue weighted by molar-refractivity contribution is 6.31. The van der Waals surface area contributed by atoms with E-state index < -0.39 is 0 Å². The van der Waals surface area contributed by atoms with Crippen molar-refractivity contribution in [3.05, 3.63) is 65.3 Å². The van der Waals surface area contributed by atoms with Crippen LogP contribution in [0.3, 0.4) is 0 Å². The fourth-order valence-corrected chi connectivity index (χ4v) is 2.33. The highest BCUT2D eigenvalue weighted by atomic mass is 35.5. The summed E-state index contributed by atoms with van der Waals surface area (Å²) in [6.45, 7) is 0.438. The molecule has 2 nitrogen and oxygen atoms in total. The Labute approximate surface area is 116 Å². The zero-order valence-corrected chi connectivity index (χ0v) is 11.1. The van der Waals surface area contributed by atoms with Crippen LogP contribution in [0.15, 0.2) is 54.7 Å². The Hall–Kier alpha value is -1.90. The summed E-state index contributed by atoms with van der Waals surface area (Å²) in [5.74, 6) is 0. The summed E-state index contributed by atoms with van der Waals surface area (Å²) >= 11 is 6.08. The molecule has 3 aromatic rings. The molecule has 94 valence electrons. The maximum Gasteiger partial charge on any atom is 0.0702 e. The number of rotatable bonds is 2. The van der Waals surface area contributed by atoms with Gasteiger partial charge in [0.25, 0.3) is 0 Å². The molecule has 3 rings (SSSR count). The van der Waals surface area contributed by atoms with Gasteiger partial charge in [0, 0.05) is 28.7 Å². The molecule has 0 spiro atoms. The Morgan fingerprint density at radius 2 is 1.84 bits per heavy atom. The third-order valence-electron chi connectivity index (χ3n) is 3.19. The summed E-state index contributed by atoms with van der Waals surface area (Å²) in [7, 11) is 0. The first-order chi connectivity index (χ1) is 9.28. The molecule has 0 saturated heterocycles. The summed E-state index contributed by atoms with van der Waals surface area (Å²) < 4.78 is 0.